The lowest BCUT2D eigenvalue weighted by molar-refractivity contribution is 0.0768. The van der Waals surface area contributed by atoms with E-state index in [1.165, 1.54) is 38.5 Å². The van der Waals surface area contributed by atoms with Gasteiger partial charge in [0.2, 0.25) is 0 Å². The lowest BCUT2D eigenvalue weighted by Gasteiger charge is -2.43. The Morgan fingerprint density at radius 2 is 1.64 bits per heavy atom. The highest BCUT2D eigenvalue weighted by Crippen LogP contribution is 2.31. The summed E-state index contributed by atoms with van der Waals surface area (Å²) in [6.07, 6.45) is 8.08. The molecule has 0 unspecified atom stereocenters. The molecule has 0 atom stereocenters. The van der Waals surface area contributed by atoms with E-state index in [9.17, 15) is 0 Å². The first kappa shape index (κ1) is 12.0. The number of likely N-dealkylation sites (N-methyl/N-ethyl adjacent to an activating group) is 1. The van der Waals surface area contributed by atoms with Crippen molar-refractivity contribution < 1.29 is 0 Å². The van der Waals surface area contributed by atoms with Crippen LogP contribution in [0.25, 0.3) is 0 Å². The van der Waals surface area contributed by atoms with Crippen molar-refractivity contribution in [1.82, 2.24) is 4.90 Å². The number of nitrogens with zero attached hydrogens (tertiary/aromatic N) is 1. The van der Waals surface area contributed by atoms with Crippen molar-refractivity contribution >= 4 is 0 Å². The van der Waals surface area contributed by atoms with Crippen LogP contribution in [0.1, 0.15) is 52.4 Å². The fourth-order valence-electron chi connectivity index (χ4n) is 2.64. The van der Waals surface area contributed by atoms with Crippen LogP contribution in [0.2, 0.25) is 0 Å². The van der Waals surface area contributed by atoms with E-state index in [1.807, 2.05) is 0 Å². The summed E-state index contributed by atoms with van der Waals surface area (Å²) in [5, 5.41) is 0. The van der Waals surface area contributed by atoms with E-state index in [0.717, 1.165) is 6.54 Å². The van der Waals surface area contributed by atoms with Gasteiger partial charge >= 0.3 is 0 Å². The molecule has 0 heterocycles. The Kier molecular flexibility index (Phi) is 4.39. The van der Waals surface area contributed by atoms with Crippen molar-refractivity contribution in [2.75, 3.05) is 13.6 Å². The summed E-state index contributed by atoms with van der Waals surface area (Å²) in [6.45, 7) is 5.35. The van der Waals surface area contributed by atoms with Crippen molar-refractivity contribution in [3.8, 4) is 0 Å². The first-order valence-corrected chi connectivity index (χ1v) is 6.05. The lowest BCUT2D eigenvalue weighted by Crippen LogP contribution is -2.54. The second-order valence-electron chi connectivity index (χ2n) is 5.05. The minimum atomic E-state index is 0.296. The molecule has 1 rings (SSSR count). The molecule has 14 heavy (non-hydrogen) atoms. The molecule has 1 aliphatic carbocycles. The van der Waals surface area contributed by atoms with Gasteiger partial charge in [-0.05, 0) is 33.7 Å². The van der Waals surface area contributed by atoms with Crippen molar-refractivity contribution in [1.29, 1.82) is 0 Å². The van der Waals surface area contributed by atoms with Gasteiger partial charge in [-0.25, -0.2) is 0 Å². The quantitative estimate of drug-likeness (QED) is 0.706. The summed E-state index contributed by atoms with van der Waals surface area (Å²) in [4.78, 5) is 2.50. The molecular formula is C12H26N2. The first-order valence-electron chi connectivity index (χ1n) is 6.05. The van der Waals surface area contributed by atoms with Gasteiger partial charge in [0.25, 0.3) is 0 Å². The molecule has 0 bridgehead atoms. The third-order valence-electron chi connectivity index (χ3n) is 3.94. The highest BCUT2D eigenvalue weighted by atomic mass is 15.2. The molecule has 0 saturated heterocycles. The molecule has 1 aliphatic rings. The normalized spacial score (nSPS) is 22.7. The molecule has 1 saturated carbocycles. The maximum Gasteiger partial charge on any atom is 0.0331 e. The lowest BCUT2D eigenvalue weighted by atomic mass is 9.87. The van der Waals surface area contributed by atoms with E-state index in [0.29, 0.717) is 11.6 Å². The third kappa shape index (κ3) is 2.48. The zero-order valence-corrected chi connectivity index (χ0v) is 10.1. The number of nitrogens with two attached hydrogens (primary N) is 1. The van der Waals surface area contributed by atoms with Crippen LogP contribution >= 0.6 is 0 Å². The smallest absolute Gasteiger partial charge is 0.0331 e. The highest BCUT2D eigenvalue weighted by molar-refractivity contribution is 4.92. The van der Waals surface area contributed by atoms with E-state index >= 15 is 0 Å². The SMILES string of the molecule is CC(C)N(C)C1(CN)CCCCCC1. The molecule has 2 N–H and O–H groups in total. The van der Waals surface area contributed by atoms with Crippen LogP contribution in [-0.2, 0) is 0 Å². The fourth-order valence-corrected chi connectivity index (χ4v) is 2.64. The molecule has 0 aromatic rings. The van der Waals surface area contributed by atoms with Crippen LogP contribution in [0, 0.1) is 0 Å². The Morgan fingerprint density at radius 3 is 2.00 bits per heavy atom. The molecular weight excluding hydrogens is 172 g/mol. The molecule has 2 nitrogen and oxygen atoms in total. The largest absolute Gasteiger partial charge is 0.329 e. The predicted octanol–water partition coefficient (Wildman–Crippen LogP) is 2.38. The Labute approximate surface area is 88.8 Å². The van der Waals surface area contributed by atoms with Gasteiger partial charge in [0, 0.05) is 18.1 Å². The molecule has 0 radical (unpaired) electrons. The minimum absolute atomic E-state index is 0.296. The van der Waals surface area contributed by atoms with E-state index in [2.05, 4.69) is 25.8 Å². The topological polar surface area (TPSA) is 29.3 Å². The molecule has 0 spiro atoms. The van der Waals surface area contributed by atoms with Crippen molar-refractivity contribution in [3.63, 3.8) is 0 Å². The van der Waals surface area contributed by atoms with E-state index in [-0.39, 0.29) is 0 Å². The van der Waals surface area contributed by atoms with Crippen molar-refractivity contribution in [2.24, 2.45) is 5.73 Å². The van der Waals surface area contributed by atoms with Gasteiger partial charge in [0.15, 0.2) is 0 Å². The van der Waals surface area contributed by atoms with E-state index in [4.69, 9.17) is 5.73 Å². The Morgan fingerprint density at radius 1 is 1.14 bits per heavy atom. The summed E-state index contributed by atoms with van der Waals surface area (Å²) in [5.74, 6) is 0. The first-order chi connectivity index (χ1) is 6.62. The molecule has 2 heteroatoms. The summed E-state index contributed by atoms with van der Waals surface area (Å²) >= 11 is 0. The molecule has 0 amide bonds. The molecule has 84 valence electrons. The number of hydrogen-bond acceptors (Lipinski definition) is 2. The van der Waals surface area contributed by atoms with Crippen LogP contribution < -0.4 is 5.73 Å². The molecule has 0 aromatic carbocycles. The Hall–Kier alpha value is -0.0800. The minimum Gasteiger partial charge on any atom is -0.329 e. The van der Waals surface area contributed by atoms with Gasteiger partial charge in [0.05, 0.1) is 0 Å². The van der Waals surface area contributed by atoms with Gasteiger partial charge in [-0.15, -0.1) is 0 Å². The van der Waals surface area contributed by atoms with E-state index in [1.54, 1.807) is 0 Å². The predicted molar refractivity (Wildman–Crippen MR) is 62.4 cm³/mol. The van der Waals surface area contributed by atoms with Crippen LogP contribution in [0.3, 0.4) is 0 Å². The van der Waals surface area contributed by atoms with Gasteiger partial charge in [-0.3, -0.25) is 4.90 Å². The zero-order valence-electron chi connectivity index (χ0n) is 10.1. The summed E-state index contributed by atoms with van der Waals surface area (Å²) < 4.78 is 0. The molecule has 1 fully saturated rings. The van der Waals surface area contributed by atoms with Gasteiger partial charge in [-0.1, -0.05) is 25.7 Å². The zero-order chi connectivity index (χ0) is 10.6. The fraction of sp³-hybridized carbons (Fsp3) is 1.00. The van der Waals surface area contributed by atoms with Gasteiger partial charge < -0.3 is 5.73 Å². The van der Waals surface area contributed by atoms with Crippen LogP contribution in [0.5, 0.6) is 0 Å². The third-order valence-corrected chi connectivity index (χ3v) is 3.94. The monoisotopic (exact) mass is 198 g/mol. The van der Waals surface area contributed by atoms with Crippen LogP contribution in [-0.4, -0.2) is 30.1 Å². The Bertz CT molecular complexity index is 158. The second-order valence-corrected chi connectivity index (χ2v) is 5.05. The van der Waals surface area contributed by atoms with Crippen molar-refractivity contribution in [3.05, 3.63) is 0 Å². The maximum absolute atomic E-state index is 6.00. The van der Waals surface area contributed by atoms with Crippen LogP contribution in [0.15, 0.2) is 0 Å². The Balaban J connectivity index is 2.71. The number of hydrogen-bond donors (Lipinski definition) is 1. The van der Waals surface area contributed by atoms with Crippen LogP contribution in [0.4, 0.5) is 0 Å². The summed E-state index contributed by atoms with van der Waals surface area (Å²) in [6, 6.07) is 0.608. The summed E-state index contributed by atoms with van der Waals surface area (Å²) in [5.41, 5.74) is 6.30. The second kappa shape index (κ2) is 5.13. The van der Waals surface area contributed by atoms with Gasteiger partial charge in [0.1, 0.15) is 0 Å². The average molecular weight is 198 g/mol. The standard InChI is InChI=1S/C12H26N2/c1-11(2)14(3)12(10-13)8-6-4-5-7-9-12/h11H,4-10,13H2,1-3H3. The highest BCUT2D eigenvalue weighted by Gasteiger charge is 2.34. The van der Waals surface area contributed by atoms with Crippen molar-refractivity contribution in [2.45, 2.75) is 64.0 Å². The number of rotatable bonds is 3. The molecule has 0 aromatic heterocycles. The van der Waals surface area contributed by atoms with Gasteiger partial charge in [-0.2, -0.15) is 0 Å². The molecule has 0 aliphatic heterocycles. The van der Waals surface area contributed by atoms with E-state index < -0.39 is 0 Å². The average Bonchev–Trinajstić information content (AvgIpc) is 2.42. The summed E-state index contributed by atoms with van der Waals surface area (Å²) in [7, 11) is 2.24. The maximum atomic E-state index is 6.00.